The molecule has 2 heterocycles. The highest BCUT2D eigenvalue weighted by molar-refractivity contribution is 9.10. The Morgan fingerprint density at radius 3 is 2.88 bits per heavy atom. The van der Waals surface area contributed by atoms with E-state index >= 15 is 0 Å². The maximum absolute atomic E-state index is 12.1. The molecule has 25 heavy (non-hydrogen) atoms. The highest BCUT2D eigenvalue weighted by Gasteiger charge is 2.09. The molecule has 1 aromatic carbocycles. The van der Waals surface area contributed by atoms with Crippen LogP contribution in [0.2, 0.25) is 0 Å². The van der Waals surface area contributed by atoms with Gasteiger partial charge >= 0.3 is 5.97 Å². The van der Waals surface area contributed by atoms with Gasteiger partial charge in [-0.15, -0.1) is 0 Å². The molecule has 0 saturated heterocycles. The third-order valence-electron chi connectivity index (χ3n) is 3.54. The average molecular weight is 403 g/mol. The lowest BCUT2D eigenvalue weighted by molar-refractivity contribution is -0.144. The molecule has 3 aromatic rings. The number of carbonyl (C=O) groups is 1. The van der Waals surface area contributed by atoms with Gasteiger partial charge in [-0.2, -0.15) is 0 Å². The summed E-state index contributed by atoms with van der Waals surface area (Å²) in [4.78, 5) is 28.4. The molecule has 2 aromatic heterocycles. The minimum Gasteiger partial charge on any atom is -0.497 e. The number of halogens is 1. The van der Waals surface area contributed by atoms with Gasteiger partial charge in [-0.25, -0.2) is 4.98 Å². The number of aromatic nitrogens is 2. The summed E-state index contributed by atoms with van der Waals surface area (Å²) in [5.74, 6) is 0.284. The van der Waals surface area contributed by atoms with Crippen LogP contribution >= 0.6 is 15.9 Å². The Bertz CT molecular complexity index is 984. The molecular formula is C18H15BrN2O4. The molecule has 0 atom stereocenters. The van der Waals surface area contributed by atoms with Crippen molar-refractivity contribution in [1.29, 1.82) is 0 Å². The zero-order valence-corrected chi connectivity index (χ0v) is 15.0. The monoisotopic (exact) mass is 402 g/mol. The summed E-state index contributed by atoms with van der Waals surface area (Å²) in [6.45, 7) is -0.0510. The Balaban J connectivity index is 1.68. The van der Waals surface area contributed by atoms with Crippen molar-refractivity contribution >= 4 is 27.5 Å². The van der Waals surface area contributed by atoms with E-state index in [1.165, 1.54) is 10.5 Å². The fraction of sp³-hybridized carbons (Fsp3) is 0.167. The lowest BCUT2D eigenvalue weighted by atomic mass is 10.1. The van der Waals surface area contributed by atoms with Crippen molar-refractivity contribution in [3.63, 3.8) is 0 Å². The molecule has 0 radical (unpaired) electrons. The molecule has 6 nitrogen and oxygen atoms in total. The van der Waals surface area contributed by atoms with Gasteiger partial charge in [-0.05, 0) is 45.8 Å². The summed E-state index contributed by atoms with van der Waals surface area (Å²) in [6, 6.07) is 12.1. The van der Waals surface area contributed by atoms with Crippen LogP contribution in [0.4, 0.5) is 0 Å². The van der Waals surface area contributed by atoms with Crippen LogP contribution < -0.4 is 10.3 Å². The number of esters is 1. The number of hydrogen-bond acceptors (Lipinski definition) is 5. The summed E-state index contributed by atoms with van der Waals surface area (Å²) >= 11 is 3.31. The minimum atomic E-state index is -0.397. The summed E-state index contributed by atoms with van der Waals surface area (Å²) in [5, 5.41) is 0. The first kappa shape index (κ1) is 17.2. The fourth-order valence-electron chi connectivity index (χ4n) is 2.35. The van der Waals surface area contributed by atoms with E-state index in [2.05, 4.69) is 20.9 Å². The molecule has 0 unspecified atom stereocenters. The van der Waals surface area contributed by atoms with E-state index in [9.17, 15) is 9.59 Å². The maximum atomic E-state index is 12.1. The Morgan fingerprint density at radius 1 is 1.24 bits per heavy atom. The van der Waals surface area contributed by atoms with E-state index in [0.717, 1.165) is 10.0 Å². The van der Waals surface area contributed by atoms with Gasteiger partial charge in [0, 0.05) is 16.7 Å². The van der Waals surface area contributed by atoms with E-state index in [0.29, 0.717) is 17.1 Å². The van der Waals surface area contributed by atoms with Crippen molar-refractivity contribution in [2.75, 3.05) is 7.11 Å². The maximum Gasteiger partial charge on any atom is 0.310 e. The van der Waals surface area contributed by atoms with Gasteiger partial charge in [0.1, 0.15) is 18.0 Å². The normalized spacial score (nSPS) is 10.6. The topological polar surface area (TPSA) is 69.9 Å². The average Bonchev–Trinajstić information content (AvgIpc) is 2.61. The summed E-state index contributed by atoms with van der Waals surface area (Å²) in [6.07, 6.45) is 1.76. The van der Waals surface area contributed by atoms with Gasteiger partial charge in [-0.1, -0.05) is 12.1 Å². The number of rotatable bonds is 5. The van der Waals surface area contributed by atoms with Crippen molar-refractivity contribution in [1.82, 2.24) is 9.38 Å². The molecule has 3 rings (SSSR count). The number of fused-ring (bicyclic) bond motifs is 1. The van der Waals surface area contributed by atoms with Crippen molar-refractivity contribution in [2.24, 2.45) is 0 Å². The van der Waals surface area contributed by atoms with E-state index < -0.39 is 5.97 Å². The third-order valence-corrected chi connectivity index (χ3v) is 4.01. The van der Waals surface area contributed by atoms with Crippen molar-refractivity contribution < 1.29 is 14.3 Å². The van der Waals surface area contributed by atoms with Crippen LogP contribution in [-0.4, -0.2) is 22.5 Å². The Hall–Kier alpha value is -2.67. The fourth-order valence-corrected chi connectivity index (χ4v) is 2.69. The molecule has 0 bridgehead atoms. The first-order chi connectivity index (χ1) is 12.0. The first-order valence-corrected chi connectivity index (χ1v) is 8.31. The Kier molecular flexibility index (Phi) is 5.14. The van der Waals surface area contributed by atoms with Crippen LogP contribution in [-0.2, 0) is 22.6 Å². The second-order valence-corrected chi connectivity index (χ2v) is 6.27. The Morgan fingerprint density at radius 2 is 2.08 bits per heavy atom. The van der Waals surface area contributed by atoms with Crippen molar-refractivity contribution in [3.05, 3.63) is 74.7 Å². The second kappa shape index (κ2) is 7.48. The van der Waals surface area contributed by atoms with Gasteiger partial charge < -0.3 is 9.47 Å². The molecule has 7 heteroatoms. The number of methoxy groups -OCH3 is 1. The highest BCUT2D eigenvalue weighted by atomic mass is 79.9. The van der Waals surface area contributed by atoms with Gasteiger partial charge in [0.05, 0.1) is 19.2 Å². The molecule has 0 aliphatic heterocycles. The molecule has 0 spiro atoms. The number of benzene rings is 1. The van der Waals surface area contributed by atoms with E-state index in [1.807, 2.05) is 12.1 Å². The zero-order valence-electron chi connectivity index (χ0n) is 13.4. The molecule has 0 saturated carbocycles. The second-order valence-electron chi connectivity index (χ2n) is 5.35. The molecule has 0 amide bonds. The lowest BCUT2D eigenvalue weighted by Gasteiger charge is -2.07. The molecule has 0 fully saturated rings. The summed E-state index contributed by atoms with van der Waals surface area (Å²) < 4.78 is 12.6. The predicted molar refractivity (Wildman–Crippen MR) is 95.7 cm³/mol. The van der Waals surface area contributed by atoms with Crippen molar-refractivity contribution in [2.45, 2.75) is 13.0 Å². The standard InChI is InChI=1S/C18H15BrN2O4/c1-24-15-4-2-3-12(7-15)8-18(23)25-11-14-9-17(22)21-10-13(19)5-6-16(21)20-14/h2-7,9-10H,8,11H2,1H3. The van der Waals surface area contributed by atoms with Gasteiger partial charge in [-0.3, -0.25) is 14.0 Å². The van der Waals surface area contributed by atoms with E-state index in [4.69, 9.17) is 9.47 Å². The molecule has 128 valence electrons. The predicted octanol–water partition coefficient (Wildman–Crippen LogP) is 2.75. The van der Waals surface area contributed by atoms with Gasteiger partial charge in [0.25, 0.3) is 5.56 Å². The first-order valence-electron chi connectivity index (χ1n) is 7.51. The van der Waals surface area contributed by atoms with Crippen LogP contribution in [0.1, 0.15) is 11.3 Å². The SMILES string of the molecule is COc1cccc(CC(=O)OCc2cc(=O)n3cc(Br)ccc3n2)c1. The number of pyridine rings is 1. The molecular weight excluding hydrogens is 388 g/mol. The van der Waals surface area contributed by atoms with Gasteiger partial charge in [0.2, 0.25) is 0 Å². The highest BCUT2D eigenvalue weighted by Crippen LogP contribution is 2.14. The van der Waals surface area contributed by atoms with E-state index in [1.54, 1.807) is 37.6 Å². The minimum absolute atomic E-state index is 0.0510. The summed E-state index contributed by atoms with van der Waals surface area (Å²) in [7, 11) is 1.57. The van der Waals surface area contributed by atoms with Gasteiger partial charge in [0.15, 0.2) is 0 Å². The number of hydrogen-bond donors (Lipinski definition) is 0. The largest absolute Gasteiger partial charge is 0.497 e. The van der Waals surface area contributed by atoms with Crippen molar-refractivity contribution in [3.8, 4) is 5.75 Å². The van der Waals surface area contributed by atoms with Crippen LogP contribution in [0.25, 0.3) is 5.65 Å². The zero-order chi connectivity index (χ0) is 17.8. The third kappa shape index (κ3) is 4.24. The quantitative estimate of drug-likeness (QED) is 0.613. The van der Waals surface area contributed by atoms with Crippen LogP contribution in [0.5, 0.6) is 5.75 Å². The Labute approximate surface area is 152 Å². The molecule has 0 N–H and O–H groups in total. The number of nitrogens with zero attached hydrogens (tertiary/aromatic N) is 2. The molecule has 0 aliphatic rings. The van der Waals surface area contributed by atoms with Crippen LogP contribution in [0.3, 0.4) is 0 Å². The number of ether oxygens (including phenoxy) is 2. The molecule has 0 aliphatic carbocycles. The number of carbonyl (C=O) groups excluding carboxylic acids is 1. The van der Waals surface area contributed by atoms with E-state index in [-0.39, 0.29) is 18.6 Å². The smallest absolute Gasteiger partial charge is 0.310 e. The lowest BCUT2D eigenvalue weighted by Crippen LogP contribution is -2.17. The summed E-state index contributed by atoms with van der Waals surface area (Å²) in [5.41, 5.74) is 1.46. The van der Waals surface area contributed by atoms with Crippen LogP contribution in [0.15, 0.2) is 57.9 Å². The van der Waals surface area contributed by atoms with Crippen LogP contribution in [0, 0.1) is 0 Å².